The van der Waals surface area contributed by atoms with Crippen molar-refractivity contribution in [3.8, 4) is 5.75 Å². The predicted octanol–water partition coefficient (Wildman–Crippen LogP) is 2.14. The monoisotopic (exact) mass is 424 g/mol. The number of para-hydroxylation sites is 2. The number of ether oxygens (including phenoxy) is 1. The Labute approximate surface area is 184 Å². The lowest BCUT2D eigenvalue weighted by Gasteiger charge is -2.36. The van der Waals surface area contributed by atoms with Crippen molar-refractivity contribution in [2.45, 2.75) is 13.3 Å². The minimum Gasteiger partial charge on any atom is -0.493 e. The van der Waals surface area contributed by atoms with Crippen molar-refractivity contribution < 1.29 is 14.3 Å². The standard InChI is InChI=1S/C24H32N4O3/c1-2-31-22-12-7-6-11-21(22)24(30)26-19-23(29)25-13-8-14-27-15-17-28(18-16-27)20-9-4-3-5-10-20/h3-7,9-12H,2,8,13-19H2,1H3,(H,25,29)(H,26,30). The number of amides is 2. The van der Waals surface area contributed by atoms with E-state index in [0.717, 1.165) is 39.1 Å². The van der Waals surface area contributed by atoms with Crippen LogP contribution in [0.5, 0.6) is 5.75 Å². The topological polar surface area (TPSA) is 73.9 Å². The Balaban J connectivity index is 1.29. The number of hydrogen-bond donors (Lipinski definition) is 2. The van der Waals surface area contributed by atoms with Crippen LogP contribution < -0.4 is 20.3 Å². The fourth-order valence-corrected chi connectivity index (χ4v) is 3.65. The Morgan fingerprint density at radius 1 is 0.935 bits per heavy atom. The molecule has 3 rings (SSSR count). The van der Waals surface area contributed by atoms with Crippen LogP contribution in [0.4, 0.5) is 5.69 Å². The molecule has 0 spiro atoms. The van der Waals surface area contributed by atoms with Crippen LogP contribution >= 0.6 is 0 Å². The average molecular weight is 425 g/mol. The molecular weight excluding hydrogens is 392 g/mol. The Hall–Kier alpha value is -3.06. The molecule has 1 saturated heterocycles. The van der Waals surface area contributed by atoms with Crippen molar-refractivity contribution in [2.24, 2.45) is 0 Å². The SMILES string of the molecule is CCOc1ccccc1C(=O)NCC(=O)NCCCN1CCN(c2ccccc2)CC1. The Bertz CT molecular complexity index is 836. The van der Waals surface area contributed by atoms with E-state index in [9.17, 15) is 9.59 Å². The zero-order valence-corrected chi connectivity index (χ0v) is 18.2. The van der Waals surface area contributed by atoms with Gasteiger partial charge in [0, 0.05) is 38.4 Å². The number of anilines is 1. The molecule has 0 aliphatic carbocycles. The lowest BCUT2D eigenvalue weighted by atomic mass is 10.2. The van der Waals surface area contributed by atoms with E-state index in [1.54, 1.807) is 18.2 Å². The summed E-state index contributed by atoms with van der Waals surface area (Å²) in [7, 11) is 0. The van der Waals surface area contributed by atoms with E-state index < -0.39 is 0 Å². The van der Waals surface area contributed by atoms with Gasteiger partial charge in [-0.1, -0.05) is 30.3 Å². The van der Waals surface area contributed by atoms with Gasteiger partial charge in [-0.05, 0) is 44.2 Å². The third-order valence-corrected chi connectivity index (χ3v) is 5.31. The molecule has 0 radical (unpaired) electrons. The second kappa shape index (κ2) is 12.0. The number of benzene rings is 2. The first-order chi connectivity index (χ1) is 15.2. The van der Waals surface area contributed by atoms with E-state index in [1.807, 2.05) is 19.1 Å². The zero-order valence-electron chi connectivity index (χ0n) is 18.2. The first-order valence-corrected chi connectivity index (χ1v) is 11.0. The van der Waals surface area contributed by atoms with Gasteiger partial charge in [0.15, 0.2) is 0 Å². The second-order valence-corrected chi connectivity index (χ2v) is 7.48. The van der Waals surface area contributed by atoms with Crippen LogP contribution in [0, 0.1) is 0 Å². The van der Waals surface area contributed by atoms with Crippen molar-refractivity contribution in [3.05, 3.63) is 60.2 Å². The van der Waals surface area contributed by atoms with Gasteiger partial charge in [0.1, 0.15) is 5.75 Å². The highest BCUT2D eigenvalue weighted by Gasteiger charge is 2.17. The quantitative estimate of drug-likeness (QED) is 0.572. The molecule has 2 N–H and O–H groups in total. The van der Waals surface area contributed by atoms with Gasteiger partial charge in [0.2, 0.25) is 5.91 Å². The van der Waals surface area contributed by atoms with Crippen molar-refractivity contribution in [1.82, 2.24) is 15.5 Å². The first kappa shape index (κ1) is 22.6. The molecule has 2 aromatic rings. The van der Waals surface area contributed by atoms with Gasteiger partial charge in [-0.3, -0.25) is 14.5 Å². The highest BCUT2D eigenvalue weighted by Crippen LogP contribution is 2.17. The molecule has 1 heterocycles. The fourth-order valence-electron chi connectivity index (χ4n) is 3.65. The first-order valence-electron chi connectivity index (χ1n) is 11.0. The molecule has 0 bridgehead atoms. The van der Waals surface area contributed by atoms with E-state index in [1.165, 1.54) is 5.69 Å². The van der Waals surface area contributed by atoms with Gasteiger partial charge < -0.3 is 20.3 Å². The minimum absolute atomic E-state index is 0.0466. The summed E-state index contributed by atoms with van der Waals surface area (Å²) in [4.78, 5) is 29.2. The van der Waals surface area contributed by atoms with Crippen LogP contribution in [0.2, 0.25) is 0 Å². The highest BCUT2D eigenvalue weighted by molar-refractivity contribution is 5.98. The summed E-state index contributed by atoms with van der Waals surface area (Å²) in [6.45, 7) is 7.94. The molecule has 0 saturated carbocycles. The molecule has 2 aromatic carbocycles. The van der Waals surface area contributed by atoms with Crippen LogP contribution in [-0.4, -0.2) is 69.1 Å². The number of rotatable bonds is 10. The number of carbonyl (C=O) groups excluding carboxylic acids is 2. The molecule has 0 atom stereocenters. The maximum atomic E-state index is 12.3. The van der Waals surface area contributed by atoms with E-state index in [-0.39, 0.29) is 18.4 Å². The summed E-state index contributed by atoms with van der Waals surface area (Å²) < 4.78 is 5.46. The summed E-state index contributed by atoms with van der Waals surface area (Å²) in [5.41, 5.74) is 1.71. The van der Waals surface area contributed by atoms with Crippen LogP contribution in [0.1, 0.15) is 23.7 Å². The number of nitrogens with one attached hydrogen (secondary N) is 2. The van der Waals surface area contributed by atoms with Gasteiger partial charge in [-0.2, -0.15) is 0 Å². The van der Waals surface area contributed by atoms with Gasteiger partial charge in [-0.15, -0.1) is 0 Å². The molecule has 2 amide bonds. The smallest absolute Gasteiger partial charge is 0.255 e. The molecule has 0 unspecified atom stereocenters. The fraction of sp³-hybridized carbons (Fsp3) is 0.417. The molecular formula is C24H32N4O3. The van der Waals surface area contributed by atoms with E-state index in [0.29, 0.717) is 24.5 Å². The molecule has 1 aliphatic rings. The summed E-state index contributed by atoms with van der Waals surface area (Å²) in [6, 6.07) is 17.5. The molecule has 1 aliphatic heterocycles. The van der Waals surface area contributed by atoms with E-state index in [4.69, 9.17) is 4.74 Å². The van der Waals surface area contributed by atoms with Gasteiger partial charge >= 0.3 is 0 Å². The number of hydrogen-bond acceptors (Lipinski definition) is 5. The predicted molar refractivity (Wildman–Crippen MR) is 123 cm³/mol. The normalized spacial score (nSPS) is 14.2. The zero-order chi connectivity index (χ0) is 21.9. The summed E-state index contributed by atoms with van der Waals surface area (Å²) in [5, 5.41) is 5.54. The summed E-state index contributed by atoms with van der Waals surface area (Å²) >= 11 is 0. The average Bonchev–Trinajstić information content (AvgIpc) is 2.82. The largest absolute Gasteiger partial charge is 0.493 e. The third kappa shape index (κ3) is 7.00. The number of piperazine rings is 1. The Kier molecular flexibility index (Phi) is 8.72. The maximum Gasteiger partial charge on any atom is 0.255 e. The third-order valence-electron chi connectivity index (χ3n) is 5.31. The minimum atomic E-state index is -0.310. The van der Waals surface area contributed by atoms with Gasteiger partial charge in [-0.25, -0.2) is 0 Å². The van der Waals surface area contributed by atoms with Gasteiger partial charge in [0.05, 0.1) is 18.7 Å². The molecule has 166 valence electrons. The molecule has 31 heavy (non-hydrogen) atoms. The maximum absolute atomic E-state index is 12.3. The summed E-state index contributed by atoms with van der Waals surface area (Å²) in [6.07, 6.45) is 0.887. The number of nitrogens with zero attached hydrogens (tertiary/aromatic N) is 2. The van der Waals surface area contributed by atoms with Crippen molar-refractivity contribution in [1.29, 1.82) is 0 Å². The van der Waals surface area contributed by atoms with Gasteiger partial charge in [0.25, 0.3) is 5.91 Å². The van der Waals surface area contributed by atoms with Crippen LogP contribution in [0.25, 0.3) is 0 Å². The van der Waals surface area contributed by atoms with Crippen LogP contribution in [0.3, 0.4) is 0 Å². The lowest BCUT2D eigenvalue weighted by molar-refractivity contribution is -0.120. The van der Waals surface area contributed by atoms with Crippen LogP contribution in [-0.2, 0) is 4.79 Å². The van der Waals surface area contributed by atoms with E-state index >= 15 is 0 Å². The second-order valence-electron chi connectivity index (χ2n) is 7.48. The van der Waals surface area contributed by atoms with Crippen LogP contribution in [0.15, 0.2) is 54.6 Å². The Morgan fingerprint density at radius 2 is 1.65 bits per heavy atom. The molecule has 7 nitrogen and oxygen atoms in total. The molecule has 1 fully saturated rings. The number of carbonyl (C=O) groups is 2. The highest BCUT2D eigenvalue weighted by atomic mass is 16.5. The lowest BCUT2D eigenvalue weighted by Crippen LogP contribution is -2.47. The van der Waals surface area contributed by atoms with Crippen molar-refractivity contribution >= 4 is 17.5 Å². The Morgan fingerprint density at radius 3 is 2.39 bits per heavy atom. The van der Waals surface area contributed by atoms with Crippen molar-refractivity contribution in [3.63, 3.8) is 0 Å². The van der Waals surface area contributed by atoms with E-state index in [2.05, 4.69) is 44.7 Å². The molecule has 7 heteroatoms. The molecule has 0 aromatic heterocycles. The summed E-state index contributed by atoms with van der Waals surface area (Å²) in [5.74, 6) is 0.0295. The van der Waals surface area contributed by atoms with Crippen molar-refractivity contribution in [2.75, 3.05) is 57.3 Å².